The standard InChI is InChI=1S/C16H21F3N2O2/c1-11(12-3-2-4-13(9-12)16(17,18)19)5-6-21-15(22)14-10-23-8-7-20-14/h2-4,9,11,14,20H,5-8,10H2,1H3,(H,21,22)/t11-,14-/m1/s1. The van der Waals surface area contributed by atoms with Gasteiger partial charge in [-0.1, -0.05) is 25.1 Å². The number of alkyl halides is 3. The van der Waals surface area contributed by atoms with E-state index in [1.165, 1.54) is 12.1 Å². The van der Waals surface area contributed by atoms with Crippen LogP contribution in [0.25, 0.3) is 0 Å². The first kappa shape index (κ1) is 17.7. The number of benzene rings is 1. The molecule has 0 bridgehead atoms. The molecule has 1 aromatic carbocycles. The lowest BCUT2D eigenvalue weighted by Gasteiger charge is -2.23. The smallest absolute Gasteiger partial charge is 0.378 e. The van der Waals surface area contributed by atoms with Crippen molar-refractivity contribution in [1.82, 2.24) is 10.6 Å². The molecule has 128 valence electrons. The Morgan fingerprint density at radius 2 is 2.26 bits per heavy atom. The van der Waals surface area contributed by atoms with E-state index in [-0.39, 0.29) is 17.9 Å². The molecule has 1 heterocycles. The highest BCUT2D eigenvalue weighted by Gasteiger charge is 2.30. The van der Waals surface area contributed by atoms with Crippen molar-refractivity contribution in [2.24, 2.45) is 0 Å². The van der Waals surface area contributed by atoms with Crippen molar-refractivity contribution in [2.45, 2.75) is 31.5 Å². The lowest BCUT2D eigenvalue weighted by molar-refractivity contribution is -0.137. The monoisotopic (exact) mass is 330 g/mol. The zero-order valence-electron chi connectivity index (χ0n) is 13.0. The highest BCUT2D eigenvalue weighted by Crippen LogP contribution is 2.31. The molecular weight excluding hydrogens is 309 g/mol. The number of morpholine rings is 1. The van der Waals surface area contributed by atoms with E-state index in [0.29, 0.717) is 38.3 Å². The second-order valence-corrected chi connectivity index (χ2v) is 5.69. The summed E-state index contributed by atoms with van der Waals surface area (Å²) in [5.41, 5.74) is -0.0253. The molecule has 2 rings (SSSR count). The van der Waals surface area contributed by atoms with Gasteiger partial charge in [-0.3, -0.25) is 4.79 Å². The van der Waals surface area contributed by atoms with Crippen LogP contribution in [0.2, 0.25) is 0 Å². The number of rotatable bonds is 5. The van der Waals surface area contributed by atoms with Gasteiger partial charge >= 0.3 is 6.18 Å². The predicted molar refractivity (Wildman–Crippen MR) is 80.1 cm³/mol. The first-order valence-electron chi connectivity index (χ1n) is 7.64. The normalized spacial score (nSPS) is 20.1. The fourth-order valence-electron chi connectivity index (χ4n) is 2.46. The van der Waals surface area contributed by atoms with Crippen molar-refractivity contribution in [1.29, 1.82) is 0 Å². The Morgan fingerprint density at radius 1 is 1.48 bits per heavy atom. The van der Waals surface area contributed by atoms with Crippen LogP contribution in [0.1, 0.15) is 30.4 Å². The molecule has 0 saturated carbocycles. The van der Waals surface area contributed by atoms with Crippen LogP contribution in [0, 0.1) is 0 Å². The van der Waals surface area contributed by atoms with E-state index in [2.05, 4.69) is 10.6 Å². The molecule has 0 aromatic heterocycles. The summed E-state index contributed by atoms with van der Waals surface area (Å²) >= 11 is 0. The number of hydrogen-bond acceptors (Lipinski definition) is 3. The molecule has 1 aliphatic heterocycles. The molecule has 1 aliphatic rings. The molecule has 23 heavy (non-hydrogen) atoms. The summed E-state index contributed by atoms with van der Waals surface area (Å²) in [5.74, 6) is -0.214. The maximum atomic E-state index is 12.7. The molecule has 7 heteroatoms. The molecule has 1 aromatic rings. The number of hydrogen-bond donors (Lipinski definition) is 2. The number of carbonyl (C=O) groups is 1. The Hall–Kier alpha value is -1.60. The van der Waals surface area contributed by atoms with E-state index in [0.717, 1.165) is 6.07 Å². The SMILES string of the molecule is C[C@H](CCNC(=O)[C@H]1COCCN1)c1cccc(C(F)(F)F)c1. The van der Waals surface area contributed by atoms with Gasteiger partial charge in [-0.15, -0.1) is 0 Å². The largest absolute Gasteiger partial charge is 0.416 e. The molecule has 0 aliphatic carbocycles. The second-order valence-electron chi connectivity index (χ2n) is 5.69. The Labute approximate surface area is 133 Å². The van der Waals surface area contributed by atoms with Gasteiger partial charge in [0.1, 0.15) is 6.04 Å². The van der Waals surface area contributed by atoms with Crippen molar-refractivity contribution >= 4 is 5.91 Å². The van der Waals surface area contributed by atoms with E-state index in [1.807, 2.05) is 6.92 Å². The summed E-state index contributed by atoms with van der Waals surface area (Å²) in [4.78, 5) is 11.9. The van der Waals surface area contributed by atoms with Gasteiger partial charge in [0.2, 0.25) is 5.91 Å². The van der Waals surface area contributed by atoms with E-state index in [1.54, 1.807) is 6.07 Å². The van der Waals surface area contributed by atoms with Crippen molar-refractivity contribution in [3.63, 3.8) is 0 Å². The quantitative estimate of drug-likeness (QED) is 0.871. The Bertz CT molecular complexity index is 528. The maximum absolute atomic E-state index is 12.7. The molecule has 1 fully saturated rings. The predicted octanol–water partition coefficient (Wildman–Crippen LogP) is 2.30. The lowest BCUT2D eigenvalue weighted by Crippen LogP contribution is -2.51. The van der Waals surface area contributed by atoms with Crippen LogP contribution < -0.4 is 10.6 Å². The number of nitrogens with one attached hydrogen (secondary N) is 2. The van der Waals surface area contributed by atoms with Gasteiger partial charge in [0, 0.05) is 13.1 Å². The minimum absolute atomic E-state index is 0.0758. The fourth-order valence-corrected chi connectivity index (χ4v) is 2.46. The molecule has 0 spiro atoms. The molecule has 0 radical (unpaired) electrons. The summed E-state index contributed by atoms with van der Waals surface area (Å²) < 4.78 is 43.4. The summed E-state index contributed by atoms with van der Waals surface area (Å²) in [6, 6.07) is 4.97. The summed E-state index contributed by atoms with van der Waals surface area (Å²) in [5, 5.41) is 5.84. The molecule has 2 N–H and O–H groups in total. The zero-order chi connectivity index (χ0) is 16.9. The van der Waals surface area contributed by atoms with E-state index in [4.69, 9.17) is 4.74 Å². The highest BCUT2D eigenvalue weighted by atomic mass is 19.4. The van der Waals surface area contributed by atoms with E-state index < -0.39 is 11.7 Å². The molecule has 1 saturated heterocycles. The number of ether oxygens (including phenoxy) is 1. The van der Waals surface area contributed by atoms with Gasteiger partial charge in [0.15, 0.2) is 0 Å². The third-order valence-corrected chi connectivity index (χ3v) is 3.90. The highest BCUT2D eigenvalue weighted by molar-refractivity contribution is 5.81. The number of amides is 1. The maximum Gasteiger partial charge on any atom is 0.416 e. The first-order valence-corrected chi connectivity index (χ1v) is 7.64. The van der Waals surface area contributed by atoms with Gasteiger partial charge < -0.3 is 15.4 Å². The van der Waals surface area contributed by atoms with Crippen LogP contribution in [0.3, 0.4) is 0 Å². The Kier molecular flexibility index (Phi) is 6.01. The second kappa shape index (κ2) is 7.79. The van der Waals surface area contributed by atoms with Gasteiger partial charge in [-0.05, 0) is 24.0 Å². The minimum atomic E-state index is -4.34. The van der Waals surface area contributed by atoms with Gasteiger partial charge in [-0.2, -0.15) is 13.2 Å². The Morgan fingerprint density at radius 3 is 2.91 bits per heavy atom. The van der Waals surface area contributed by atoms with Crippen LogP contribution >= 0.6 is 0 Å². The van der Waals surface area contributed by atoms with Crippen molar-refractivity contribution in [3.8, 4) is 0 Å². The van der Waals surface area contributed by atoms with Crippen LogP contribution in [0.15, 0.2) is 24.3 Å². The number of carbonyl (C=O) groups excluding carboxylic acids is 1. The topological polar surface area (TPSA) is 50.4 Å². The molecule has 0 unspecified atom stereocenters. The summed E-state index contributed by atoms with van der Waals surface area (Å²) in [6.45, 7) is 3.84. The van der Waals surface area contributed by atoms with E-state index >= 15 is 0 Å². The van der Waals surface area contributed by atoms with Crippen LogP contribution in [-0.2, 0) is 15.7 Å². The minimum Gasteiger partial charge on any atom is -0.378 e. The van der Waals surface area contributed by atoms with Crippen molar-refractivity contribution in [2.75, 3.05) is 26.3 Å². The fraction of sp³-hybridized carbons (Fsp3) is 0.562. The molecule has 1 amide bonds. The van der Waals surface area contributed by atoms with Crippen LogP contribution in [0.5, 0.6) is 0 Å². The Balaban J connectivity index is 1.82. The molecule has 4 nitrogen and oxygen atoms in total. The molecule has 2 atom stereocenters. The summed E-state index contributed by atoms with van der Waals surface area (Å²) in [7, 11) is 0. The number of halogens is 3. The van der Waals surface area contributed by atoms with Crippen LogP contribution in [-0.4, -0.2) is 38.3 Å². The summed E-state index contributed by atoms with van der Waals surface area (Å²) in [6.07, 6.45) is -3.77. The third-order valence-electron chi connectivity index (χ3n) is 3.90. The average molecular weight is 330 g/mol. The van der Waals surface area contributed by atoms with Gasteiger partial charge in [0.25, 0.3) is 0 Å². The zero-order valence-corrected chi connectivity index (χ0v) is 13.0. The third kappa shape index (κ3) is 5.21. The molecular formula is C16H21F3N2O2. The van der Waals surface area contributed by atoms with Crippen molar-refractivity contribution < 1.29 is 22.7 Å². The lowest BCUT2D eigenvalue weighted by atomic mass is 9.96. The average Bonchev–Trinajstić information content (AvgIpc) is 2.54. The van der Waals surface area contributed by atoms with Gasteiger partial charge in [-0.25, -0.2) is 0 Å². The first-order chi connectivity index (χ1) is 10.9. The van der Waals surface area contributed by atoms with Crippen molar-refractivity contribution in [3.05, 3.63) is 35.4 Å². The van der Waals surface area contributed by atoms with Gasteiger partial charge in [0.05, 0.1) is 18.8 Å². The van der Waals surface area contributed by atoms with E-state index in [9.17, 15) is 18.0 Å². The van der Waals surface area contributed by atoms with Crippen LogP contribution in [0.4, 0.5) is 13.2 Å².